The van der Waals surface area contributed by atoms with Crippen molar-refractivity contribution in [2.45, 2.75) is 32.6 Å². The molecule has 1 aromatic carbocycles. The van der Waals surface area contributed by atoms with Gasteiger partial charge in [-0.2, -0.15) is 5.10 Å². The van der Waals surface area contributed by atoms with Crippen molar-refractivity contribution in [1.29, 1.82) is 0 Å². The van der Waals surface area contributed by atoms with E-state index in [2.05, 4.69) is 34.2 Å². The Morgan fingerprint density at radius 1 is 1.26 bits per heavy atom. The zero-order valence-electron chi connectivity index (χ0n) is 10.9. The molecule has 0 radical (unpaired) electrons. The van der Waals surface area contributed by atoms with Gasteiger partial charge in [0.15, 0.2) is 5.82 Å². The molecule has 2 N–H and O–H groups in total. The Morgan fingerprint density at radius 3 is 2.63 bits per heavy atom. The predicted molar refractivity (Wildman–Crippen MR) is 71.8 cm³/mol. The fourth-order valence-electron chi connectivity index (χ4n) is 1.87. The van der Waals surface area contributed by atoms with E-state index in [0.29, 0.717) is 18.1 Å². The number of nitrogens with zero attached hydrogens (tertiary/aromatic N) is 2. The number of carboxylic acid groups (broad SMARTS) is 1. The van der Waals surface area contributed by atoms with Gasteiger partial charge in [-0.05, 0) is 12.0 Å². The van der Waals surface area contributed by atoms with Crippen molar-refractivity contribution in [3.8, 4) is 11.4 Å². The van der Waals surface area contributed by atoms with Crippen molar-refractivity contribution < 1.29 is 9.90 Å². The third kappa shape index (κ3) is 3.64. The lowest BCUT2D eigenvalue weighted by Crippen LogP contribution is -1.98. The van der Waals surface area contributed by atoms with E-state index >= 15 is 0 Å². The van der Waals surface area contributed by atoms with Crippen LogP contribution in [0.1, 0.15) is 31.2 Å². The van der Waals surface area contributed by atoms with Crippen molar-refractivity contribution in [1.82, 2.24) is 15.2 Å². The minimum absolute atomic E-state index is 0.0596. The van der Waals surface area contributed by atoms with Crippen molar-refractivity contribution >= 4 is 5.97 Å². The maximum Gasteiger partial charge on any atom is 0.303 e. The number of carboxylic acids is 1. The van der Waals surface area contributed by atoms with Crippen LogP contribution in [0.2, 0.25) is 0 Å². The highest BCUT2D eigenvalue weighted by Gasteiger charge is 2.07. The first-order chi connectivity index (χ1) is 9.19. The summed E-state index contributed by atoms with van der Waals surface area (Å²) in [4.78, 5) is 14.8. The van der Waals surface area contributed by atoms with Gasteiger partial charge in [-0.25, -0.2) is 4.98 Å². The van der Waals surface area contributed by atoms with Gasteiger partial charge >= 0.3 is 5.97 Å². The highest BCUT2D eigenvalue weighted by Crippen LogP contribution is 2.16. The van der Waals surface area contributed by atoms with Gasteiger partial charge in [0, 0.05) is 12.0 Å². The molecule has 0 bridgehead atoms. The predicted octanol–water partition coefficient (Wildman–Crippen LogP) is 2.44. The van der Waals surface area contributed by atoms with E-state index in [1.165, 1.54) is 5.56 Å². The van der Waals surface area contributed by atoms with Crippen molar-refractivity contribution in [3.63, 3.8) is 0 Å². The van der Waals surface area contributed by atoms with E-state index < -0.39 is 5.97 Å². The van der Waals surface area contributed by atoms with Crippen LogP contribution in [0.25, 0.3) is 11.4 Å². The van der Waals surface area contributed by atoms with Crippen LogP contribution < -0.4 is 0 Å². The molecule has 1 heterocycles. The van der Waals surface area contributed by atoms with E-state index in [1.807, 2.05) is 12.1 Å². The number of carbonyl (C=O) groups is 1. The van der Waals surface area contributed by atoms with E-state index in [4.69, 9.17) is 5.11 Å². The number of aromatic nitrogens is 3. The molecule has 0 spiro atoms. The largest absolute Gasteiger partial charge is 0.481 e. The summed E-state index contributed by atoms with van der Waals surface area (Å²) in [5.41, 5.74) is 2.24. The van der Waals surface area contributed by atoms with Gasteiger partial charge in [-0.15, -0.1) is 0 Å². The van der Waals surface area contributed by atoms with Crippen LogP contribution in [-0.2, 0) is 17.6 Å². The van der Waals surface area contributed by atoms with E-state index in [1.54, 1.807) is 0 Å². The topological polar surface area (TPSA) is 78.9 Å². The maximum absolute atomic E-state index is 10.5. The normalized spacial score (nSPS) is 10.6. The lowest BCUT2D eigenvalue weighted by molar-refractivity contribution is -0.137. The monoisotopic (exact) mass is 259 g/mol. The molecular formula is C14H17N3O2. The summed E-state index contributed by atoms with van der Waals surface area (Å²) in [7, 11) is 0. The van der Waals surface area contributed by atoms with Crippen LogP contribution >= 0.6 is 0 Å². The summed E-state index contributed by atoms with van der Waals surface area (Å²) in [6.07, 6.45) is 2.62. The Bertz CT molecular complexity index is 546. The minimum atomic E-state index is -0.832. The molecule has 0 aliphatic carbocycles. The van der Waals surface area contributed by atoms with Crippen molar-refractivity contribution in [2.24, 2.45) is 0 Å². The molecule has 5 heteroatoms. The number of aliphatic carboxylic acids is 1. The summed E-state index contributed by atoms with van der Waals surface area (Å²) in [5.74, 6) is 0.389. The summed E-state index contributed by atoms with van der Waals surface area (Å²) in [5, 5.41) is 15.5. The number of hydrogen-bond acceptors (Lipinski definition) is 3. The Hall–Kier alpha value is -2.17. The van der Waals surface area contributed by atoms with Gasteiger partial charge in [0.2, 0.25) is 0 Å². The number of nitrogens with one attached hydrogen (secondary N) is 1. The SMILES string of the molecule is CCCc1ccc(-c2n[nH]c(CCC(=O)O)n2)cc1. The molecule has 5 nitrogen and oxygen atoms in total. The number of benzene rings is 1. The summed E-state index contributed by atoms with van der Waals surface area (Å²) >= 11 is 0. The quantitative estimate of drug-likeness (QED) is 0.835. The molecule has 0 saturated heterocycles. The minimum Gasteiger partial charge on any atom is -0.481 e. The molecule has 2 rings (SSSR count). The van der Waals surface area contributed by atoms with Crippen molar-refractivity contribution in [3.05, 3.63) is 35.7 Å². The maximum atomic E-state index is 10.5. The zero-order valence-corrected chi connectivity index (χ0v) is 10.9. The first-order valence-corrected chi connectivity index (χ1v) is 6.41. The average Bonchev–Trinajstić information content (AvgIpc) is 2.86. The molecule has 1 aromatic heterocycles. The fourth-order valence-corrected chi connectivity index (χ4v) is 1.87. The third-order valence-corrected chi connectivity index (χ3v) is 2.86. The number of hydrogen-bond donors (Lipinski definition) is 2. The molecule has 0 aliphatic heterocycles. The fraction of sp³-hybridized carbons (Fsp3) is 0.357. The second-order valence-electron chi connectivity index (χ2n) is 4.45. The molecule has 2 aromatic rings. The molecule has 0 saturated carbocycles. The van der Waals surface area contributed by atoms with Crippen LogP contribution in [0.4, 0.5) is 0 Å². The van der Waals surface area contributed by atoms with Gasteiger partial charge in [-0.1, -0.05) is 37.6 Å². The lowest BCUT2D eigenvalue weighted by atomic mass is 10.1. The van der Waals surface area contributed by atoms with Crippen LogP contribution in [0, 0.1) is 0 Å². The summed E-state index contributed by atoms with van der Waals surface area (Å²) in [6.45, 7) is 2.15. The Balaban J connectivity index is 2.07. The van der Waals surface area contributed by atoms with Gasteiger partial charge in [0.25, 0.3) is 0 Å². The number of aromatic amines is 1. The lowest BCUT2D eigenvalue weighted by Gasteiger charge is -1.99. The molecular weight excluding hydrogens is 242 g/mol. The molecule has 19 heavy (non-hydrogen) atoms. The number of aryl methyl sites for hydroxylation is 2. The van der Waals surface area contributed by atoms with Crippen LogP contribution in [0.3, 0.4) is 0 Å². The van der Waals surface area contributed by atoms with Crippen molar-refractivity contribution in [2.75, 3.05) is 0 Å². The first-order valence-electron chi connectivity index (χ1n) is 6.41. The van der Waals surface area contributed by atoms with Gasteiger partial charge in [0.05, 0.1) is 6.42 Å². The molecule has 0 fully saturated rings. The van der Waals surface area contributed by atoms with E-state index in [0.717, 1.165) is 18.4 Å². The van der Waals surface area contributed by atoms with Crippen LogP contribution in [0.5, 0.6) is 0 Å². The first kappa shape index (κ1) is 13.3. The molecule has 0 unspecified atom stereocenters. The Labute approximate surface area is 111 Å². The number of rotatable bonds is 6. The Morgan fingerprint density at radius 2 is 2.00 bits per heavy atom. The second kappa shape index (κ2) is 6.13. The smallest absolute Gasteiger partial charge is 0.303 e. The summed E-state index contributed by atoms with van der Waals surface area (Å²) in [6, 6.07) is 8.14. The zero-order chi connectivity index (χ0) is 13.7. The molecule has 100 valence electrons. The van der Waals surface area contributed by atoms with E-state index in [9.17, 15) is 4.79 Å². The summed E-state index contributed by atoms with van der Waals surface area (Å²) < 4.78 is 0. The average molecular weight is 259 g/mol. The highest BCUT2D eigenvalue weighted by atomic mass is 16.4. The Kier molecular flexibility index (Phi) is 4.28. The van der Waals surface area contributed by atoms with Crippen LogP contribution in [-0.4, -0.2) is 26.3 Å². The number of H-pyrrole nitrogens is 1. The molecule has 0 amide bonds. The standard InChI is InChI=1S/C14H17N3O2/c1-2-3-10-4-6-11(7-5-10)14-15-12(16-17-14)8-9-13(18)19/h4-7H,2-3,8-9H2,1H3,(H,18,19)(H,15,16,17). The van der Waals surface area contributed by atoms with E-state index in [-0.39, 0.29) is 6.42 Å². The van der Waals surface area contributed by atoms with Gasteiger partial charge < -0.3 is 5.11 Å². The molecule has 0 aliphatic rings. The van der Waals surface area contributed by atoms with Crippen LogP contribution in [0.15, 0.2) is 24.3 Å². The molecule has 0 atom stereocenters. The van der Waals surface area contributed by atoms with Gasteiger partial charge in [0.1, 0.15) is 5.82 Å². The third-order valence-electron chi connectivity index (χ3n) is 2.86. The van der Waals surface area contributed by atoms with Gasteiger partial charge in [-0.3, -0.25) is 9.89 Å². The second-order valence-corrected chi connectivity index (χ2v) is 4.45. The highest BCUT2D eigenvalue weighted by molar-refractivity contribution is 5.66.